The van der Waals surface area contributed by atoms with Gasteiger partial charge < -0.3 is 85.5 Å². The average Bonchev–Trinajstić information content (AvgIpc) is 1.20. The van der Waals surface area contributed by atoms with E-state index in [4.69, 9.17) is 93.8 Å². The second-order valence-corrected chi connectivity index (χ2v) is 40.7. The largest absolute Gasteiger partial charge is 0.508 e. The number of esters is 2. The van der Waals surface area contributed by atoms with Crippen LogP contribution in [-0.4, -0.2) is 169 Å². The van der Waals surface area contributed by atoms with E-state index in [9.17, 15) is 10.3 Å². The number of rotatable bonds is 40. The van der Waals surface area contributed by atoms with Gasteiger partial charge in [0.25, 0.3) is 5.79 Å². The van der Waals surface area contributed by atoms with Crippen LogP contribution in [0.2, 0.25) is 18.1 Å². The van der Waals surface area contributed by atoms with E-state index in [1.807, 2.05) is 196 Å². The van der Waals surface area contributed by atoms with Crippen LogP contribution in [0.15, 0.2) is 242 Å². The van der Waals surface area contributed by atoms with Crippen LogP contribution in [0.25, 0.3) is 21.6 Å². The van der Waals surface area contributed by atoms with E-state index in [-0.39, 0.29) is 78.4 Å². The fourth-order valence-corrected chi connectivity index (χ4v) is 20.5. The molecule has 1 aliphatic carbocycles. The van der Waals surface area contributed by atoms with E-state index in [0.29, 0.717) is 22.3 Å². The van der Waals surface area contributed by atoms with Gasteiger partial charge in [0.15, 0.2) is 32.8 Å². The Morgan fingerprint density at radius 1 is 0.620 bits per heavy atom. The molecular formula is C98H115N4O25PSi. The van der Waals surface area contributed by atoms with Crippen molar-refractivity contribution in [1.29, 1.82) is 0 Å². The Morgan fingerprint density at radius 2 is 1.16 bits per heavy atom. The van der Waals surface area contributed by atoms with Crippen molar-refractivity contribution >= 4 is 40.3 Å². The maximum absolute atomic E-state index is 16.3. The quantitative estimate of drug-likeness (QED) is 0.00545. The third kappa shape index (κ3) is 24.1. The van der Waals surface area contributed by atoms with Crippen LogP contribution >= 0.6 is 7.82 Å². The summed E-state index contributed by atoms with van der Waals surface area (Å²) in [6.07, 6.45) is -20.6. The lowest BCUT2D eigenvalue weighted by molar-refractivity contribution is -0.337. The van der Waals surface area contributed by atoms with E-state index < -0.39 is 181 Å². The highest BCUT2D eigenvalue weighted by atomic mass is 31.2. The van der Waals surface area contributed by atoms with E-state index in [1.165, 1.54) is 6.08 Å². The Morgan fingerprint density at radius 3 is 1.74 bits per heavy atom. The van der Waals surface area contributed by atoms with Crippen LogP contribution in [0.1, 0.15) is 124 Å². The second-order valence-electron chi connectivity index (χ2n) is 34.5. The van der Waals surface area contributed by atoms with Crippen molar-refractivity contribution in [3.05, 3.63) is 298 Å². The molecule has 5 unspecified atom stereocenters. The summed E-state index contributed by atoms with van der Waals surface area (Å²) in [7, 11) is -8.17. The zero-order valence-electron chi connectivity index (χ0n) is 74.1. The van der Waals surface area contributed by atoms with Gasteiger partial charge in [-0.3, -0.25) is 18.4 Å². The molecule has 1 N–H and O–H groups in total. The van der Waals surface area contributed by atoms with E-state index in [2.05, 4.69) is 49.6 Å². The Labute approximate surface area is 753 Å². The summed E-state index contributed by atoms with van der Waals surface area (Å²) in [5.74, 6) is -6.36. The van der Waals surface area contributed by atoms with Crippen LogP contribution in [-0.2, 0) is 154 Å². The minimum Gasteiger partial charge on any atom is -0.457 e. The minimum atomic E-state index is -5.05. The van der Waals surface area contributed by atoms with Crippen molar-refractivity contribution in [3.8, 4) is 11.1 Å². The standard InChI is InChI=1S/C98H115N4O25PSi/c1-11-50-109-95(106)122-90-84(101-102-99)92(127-129(9,10)96(5,6)64(3)4)120-80(85(90)112-56-68-40-24-16-25-41-68)62-113-91-83(100-94(105)115-60-77-75-48-32-30-46-73(75)74-47-31-33-49-76(74)77)89(121-82(103)51-72(12-2)110-54-66-36-20-14-21-37-66)88(126-128(107)117-58-70-44-28-29-45-71(70)59-118-128)81(119-91)63-116-98(93(104)114-57-69-42-26-17-27-43-69)52-78-86(124-97(7,8)123-78)87(125-98)79(111-55-67-38-22-15-23-39-67)61-108-53-65-34-18-13-19-35-65/h11,13-49,64,72,77-81,83-92H,1,12,50-63H2,2-10H3,(H,100,105)/t72-,78-,79-,80?,81?,83?,84?,85+,86-,87?,88-,89-,90-,91-,92+,98-/m1/s1. The molecule has 0 saturated carbocycles. The Bertz CT molecular complexity index is 5040. The zero-order valence-corrected chi connectivity index (χ0v) is 76.0. The first kappa shape index (κ1) is 95.2. The summed E-state index contributed by atoms with van der Waals surface area (Å²) in [5, 5.41) is 6.73. The zero-order chi connectivity index (χ0) is 90.7. The first-order valence-corrected chi connectivity index (χ1v) is 48.2. The molecule has 16 atom stereocenters. The van der Waals surface area contributed by atoms with Crippen molar-refractivity contribution in [3.63, 3.8) is 0 Å². The molecule has 31 heteroatoms. The lowest BCUT2D eigenvalue weighted by Crippen LogP contribution is -2.68. The fourth-order valence-electron chi connectivity index (χ4n) is 16.7. The van der Waals surface area contributed by atoms with Crippen LogP contribution in [0.3, 0.4) is 0 Å². The number of ether oxygens (including phenoxy) is 16. The van der Waals surface area contributed by atoms with Gasteiger partial charge in [-0.05, 0) is 111 Å². The van der Waals surface area contributed by atoms with Gasteiger partial charge in [-0.25, -0.2) is 18.9 Å². The summed E-state index contributed by atoms with van der Waals surface area (Å²) < 4.78 is 152. The normalized spacial score (nSPS) is 25.0. The lowest BCUT2D eigenvalue weighted by Gasteiger charge is -2.50. The number of amides is 1. The molecule has 0 bridgehead atoms. The number of carbonyl (C=O) groups is 4. The van der Waals surface area contributed by atoms with Gasteiger partial charge >= 0.3 is 32.0 Å². The summed E-state index contributed by atoms with van der Waals surface area (Å²) in [6, 6.07) is 65.8. The van der Waals surface area contributed by atoms with Gasteiger partial charge in [0.1, 0.15) is 80.7 Å². The molecule has 129 heavy (non-hydrogen) atoms. The molecule has 29 nitrogen and oxygen atoms in total. The Kier molecular flexibility index (Phi) is 32.4. The van der Waals surface area contributed by atoms with Crippen LogP contribution < -0.4 is 5.32 Å². The van der Waals surface area contributed by atoms with Crippen LogP contribution in [0.5, 0.6) is 0 Å². The number of alkyl carbamates (subject to hydrolysis) is 1. The molecule has 6 aliphatic rings. The smallest absolute Gasteiger partial charge is 0.457 e. The minimum absolute atomic E-state index is 0.0276. The number of carbonyl (C=O) groups excluding carboxylic acids is 4. The van der Waals surface area contributed by atoms with Gasteiger partial charge in [-0.1, -0.05) is 277 Å². The molecule has 686 valence electrons. The molecule has 0 aromatic heterocycles. The van der Waals surface area contributed by atoms with Gasteiger partial charge in [-0.15, -0.1) is 0 Å². The molecular weight excluding hydrogens is 1690 g/mol. The fraction of sp³-hybridized carbons (Fsp3) is 0.449. The first-order valence-electron chi connectivity index (χ1n) is 43.8. The number of benzene rings is 8. The first-order chi connectivity index (χ1) is 62.3. The number of hydrogen-bond donors (Lipinski definition) is 1. The molecule has 5 heterocycles. The number of azide groups is 1. The predicted octanol–water partition coefficient (Wildman–Crippen LogP) is 18.1. The van der Waals surface area contributed by atoms with Crippen molar-refractivity contribution in [2.24, 2.45) is 11.0 Å². The van der Waals surface area contributed by atoms with E-state index >= 15 is 18.9 Å². The number of fused-ring (bicyclic) bond motifs is 5. The van der Waals surface area contributed by atoms with Crippen LogP contribution in [0.4, 0.5) is 9.59 Å². The monoisotopic (exact) mass is 1810 g/mol. The number of nitrogens with one attached hydrogen (secondary N) is 1. The van der Waals surface area contributed by atoms with Gasteiger partial charge in [-0.2, -0.15) is 0 Å². The molecule has 0 spiro atoms. The molecule has 8 aromatic carbocycles. The van der Waals surface area contributed by atoms with Gasteiger partial charge in [0.05, 0.1) is 78.1 Å². The van der Waals surface area contributed by atoms with E-state index in [0.717, 1.165) is 38.9 Å². The topological polar surface area (TPSA) is 331 Å². The van der Waals surface area contributed by atoms with Crippen molar-refractivity contribution in [1.82, 2.24) is 5.32 Å². The maximum Gasteiger partial charge on any atom is 0.508 e. The molecule has 4 saturated heterocycles. The van der Waals surface area contributed by atoms with Gasteiger partial charge in [0, 0.05) is 17.3 Å². The summed E-state index contributed by atoms with van der Waals surface area (Å²) in [4.78, 5) is 65.4. The summed E-state index contributed by atoms with van der Waals surface area (Å²) >= 11 is 0. The highest BCUT2D eigenvalue weighted by molar-refractivity contribution is 7.48. The number of nitrogens with zero attached hydrogens (tertiary/aromatic N) is 3. The third-order valence-corrected chi connectivity index (χ3v) is 30.6. The molecule has 1 amide bonds. The molecule has 4 fully saturated rings. The van der Waals surface area contributed by atoms with Crippen molar-refractivity contribution < 1.29 is 118 Å². The number of phosphoric acid groups is 1. The maximum atomic E-state index is 16.3. The van der Waals surface area contributed by atoms with Crippen molar-refractivity contribution in [2.75, 3.05) is 33.0 Å². The van der Waals surface area contributed by atoms with Crippen molar-refractivity contribution in [2.45, 2.75) is 241 Å². The summed E-state index contributed by atoms with van der Waals surface area (Å²) in [6.45, 7) is 18.2. The number of phosphoric ester groups is 1. The predicted molar refractivity (Wildman–Crippen MR) is 475 cm³/mol. The highest BCUT2D eigenvalue weighted by Crippen LogP contribution is 2.56. The Balaban J connectivity index is 0.920. The number of hydrogen-bond acceptors (Lipinski definition) is 26. The molecule has 14 rings (SSSR count). The SMILES string of the molecule is C=CCOC(=O)O[C@@H]1C(N=[N+]=[N-])[C@H](O[Si](C)(C)C(C)(C)C(C)C)OC(CO[C@@H]2OC(CO[C@]3(C(=O)OCc4ccccc4)C[C@H]4OC(C)(C)O[C@H]4C([C@@H](COCc4ccccc4)OCc4ccccc4)O3)[C@@H](OP3(=O)OCc4ccccc4CO3)[C@H](OC(=O)C[C@@H](CC)OCc3ccccc3)C2NC(=O)OCC2c3ccccc3-c3ccccc32)[C@@H]1OCc1ccccc1. The molecule has 8 aromatic rings. The lowest BCUT2D eigenvalue weighted by atomic mass is 9.92. The molecule has 5 aliphatic heterocycles. The van der Waals surface area contributed by atoms with Crippen LogP contribution in [0, 0.1) is 5.92 Å². The Hall–Kier alpha value is -9.86. The highest BCUT2D eigenvalue weighted by Gasteiger charge is 2.64. The molecule has 0 radical (unpaired) electrons. The third-order valence-electron chi connectivity index (χ3n) is 24.7. The van der Waals surface area contributed by atoms with E-state index in [1.54, 1.807) is 62.4 Å². The summed E-state index contributed by atoms with van der Waals surface area (Å²) in [5.41, 5.74) is 19.2. The second kappa shape index (κ2) is 43.9. The average molecular weight is 1810 g/mol. The van der Waals surface area contributed by atoms with Gasteiger partial charge in [0.2, 0.25) is 0 Å².